The van der Waals surface area contributed by atoms with E-state index >= 15 is 0 Å². The molecule has 0 aliphatic heterocycles. The van der Waals surface area contributed by atoms with Crippen LogP contribution in [0.2, 0.25) is 0 Å². The summed E-state index contributed by atoms with van der Waals surface area (Å²) in [4.78, 5) is 13.9. The van der Waals surface area contributed by atoms with E-state index in [0.29, 0.717) is 0 Å². The van der Waals surface area contributed by atoms with Crippen molar-refractivity contribution in [2.45, 2.75) is 0 Å². The molecule has 0 aromatic rings. The van der Waals surface area contributed by atoms with Crippen molar-refractivity contribution in [2.75, 3.05) is 0 Å². The smallest absolute Gasteiger partial charge is 0 e. The van der Waals surface area contributed by atoms with Crippen LogP contribution in [0.1, 0.15) is 0 Å². The standard InChI is InChI=1S/FH2O3P.Na.Ti.V.H/c1-5(2,3)4;;;;/h(H2,2,3,4);;;;. The van der Waals surface area contributed by atoms with Gasteiger partial charge in [0, 0.05) is 40.3 Å². The fraction of sp³-hybridized carbons (Fsp3) is 0. The molecular weight excluding hydrogens is 220 g/mol. The van der Waals surface area contributed by atoms with E-state index in [0.717, 1.165) is 0 Å². The van der Waals surface area contributed by atoms with Gasteiger partial charge in [0.2, 0.25) is 0 Å². The molecule has 0 unspecified atom stereocenters. The van der Waals surface area contributed by atoms with Crippen LogP contribution in [0.15, 0.2) is 0 Å². The summed E-state index contributed by atoms with van der Waals surface area (Å²) in [5.41, 5.74) is 0. The molecule has 3 nitrogen and oxygen atoms in total. The van der Waals surface area contributed by atoms with E-state index in [1.165, 1.54) is 0 Å². The summed E-state index contributed by atoms with van der Waals surface area (Å²) < 4.78 is 19.0. The molecule has 0 bridgehead atoms. The second-order valence-corrected chi connectivity index (χ2v) is 1.42. The Morgan fingerprint density at radius 3 is 1.38 bits per heavy atom. The van der Waals surface area contributed by atoms with Gasteiger partial charge < -0.3 is 0 Å². The first-order valence-electron chi connectivity index (χ1n) is 0.752. The molecule has 0 aromatic carbocycles. The van der Waals surface area contributed by atoms with E-state index in [1.54, 1.807) is 0 Å². The second-order valence-electron chi connectivity index (χ2n) is 0.473. The van der Waals surface area contributed by atoms with Crippen LogP contribution in [0.3, 0.4) is 0 Å². The van der Waals surface area contributed by atoms with Crippen molar-refractivity contribution >= 4 is 37.5 Å². The summed E-state index contributed by atoms with van der Waals surface area (Å²) in [7, 11) is -5.14. The first-order valence-corrected chi connectivity index (χ1v) is 2.25. The van der Waals surface area contributed by atoms with Gasteiger partial charge in [0.25, 0.3) is 0 Å². The first-order chi connectivity index (χ1) is 2.00. The molecule has 0 heterocycles. The Labute approximate surface area is 95.1 Å². The van der Waals surface area contributed by atoms with Crippen molar-refractivity contribution in [1.29, 1.82) is 0 Å². The van der Waals surface area contributed by atoms with Crippen LogP contribution in [0.5, 0.6) is 0 Å². The third kappa shape index (κ3) is 80.6. The summed E-state index contributed by atoms with van der Waals surface area (Å²) in [6.07, 6.45) is 0. The van der Waals surface area contributed by atoms with Gasteiger partial charge in [0.15, 0.2) is 0 Å². The van der Waals surface area contributed by atoms with Gasteiger partial charge in [-0.25, -0.2) is 4.57 Å². The van der Waals surface area contributed by atoms with Crippen molar-refractivity contribution in [3.8, 4) is 0 Å². The Hall–Kier alpha value is 2.38. The Morgan fingerprint density at radius 2 is 1.38 bits per heavy atom. The Kier molecular flexibility index (Phi) is 26.3. The van der Waals surface area contributed by atoms with Crippen LogP contribution in [0, 0.1) is 0 Å². The van der Waals surface area contributed by atoms with Gasteiger partial charge in [-0.15, -0.1) is 4.20 Å². The molecule has 8 heavy (non-hydrogen) atoms. The number of rotatable bonds is 0. The van der Waals surface area contributed by atoms with Crippen molar-refractivity contribution in [1.82, 2.24) is 0 Å². The zero-order valence-corrected chi connectivity index (χ0v) is 6.93. The summed E-state index contributed by atoms with van der Waals surface area (Å²) >= 11 is 0. The van der Waals surface area contributed by atoms with Gasteiger partial charge in [0.05, 0.1) is 0 Å². The summed E-state index contributed by atoms with van der Waals surface area (Å²) in [5, 5.41) is 0. The Bertz CT molecular complexity index is 65.4. The van der Waals surface area contributed by atoms with Crippen molar-refractivity contribution in [3.05, 3.63) is 0 Å². The van der Waals surface area contributed by atoms with Gasteiger partial charge in [-0.05, 0) is 0 Å². The Balaban J connectivity index is -0.0000000267. The Morgan fingerprint density at radius 1 is 1.38 bits per heavy atom. The topological polar surface area (TPSA) is 57.5 Å². The van der Waals surface area contributed by atoms with Crippen LogP contribution >= 0.6 is 7.91 Å². The first kappa shape index (κ1) is 22.4. The minimum Gasteiger partial charge on any atom is 0 e. The van der Waals surface area contributed by atoms with E-state index in [4.69, 9.17) is 14.4 Å². The van der Waals surface area contributed by atoms with Crippen LogP contribution in [-0.4, -0.2) is 39.3 Å². The molecule has 43 valence electrons. The fourth-order valence-corrected chi connectivity index (χ4v) is 0. The van der Waals surface area contributed by atoms with E-state index in [-0.39, 0.29) is 69.8 Å². The maximum atomic E-state index is 10.4. The SMILES string of the molecule is O=P(O)(O)F.[NaH].[Ti].[V]. The average molecular weight is 223 g/mol. The van der Waals surface area contributed by atoms with Crippen molar-refractivity contribution in [2.24, 2.45) is 0 Å². The zero-order valence-electron chi connectivity index (χ0n) is 3.08. The largest absolute Gasteiger partial charge is 0 e. The summed E-state index contributed by atoms with van der Waals surface area (Å²) in [6, 6.07) is 0. The van der Waals surface area contributed by atoms with Gasteiger partial charge in [0.1, 0.15) is 0 Å². The minimum absolute atomic E-state index is 0. The molecule has 0 amide bonds. The van der Waals surface area contributed by atoms with Crippen LogP contribution in [0.25, 0.3) is 0 Å². The molecule has 0 aromatic heterocycles. The van der Waals surface area contributed by atoms with Crippen molar-refractivity contribution in [3.63, 3.8) is 0 Å². The molecule has 0 aliphatic rings. The van der Waals surface area contributed by atoms with Crippen LogP contribution < -0.4 is 0 Å². The quantitative estimate of drug-likeness (QED) is 0.425. The maximum Gasteiger partial charge on any atom is 0 e. The molecule has 2 N–H and O–H groups in total. The van der Waals surface area contributed by atoms with E-state index < -0.39 is 7.91 Å². The van der Waals surface area contributed by atoms with Crippen LogP contribution in [0.4, 0.5) is 4.20 Å². The van der Waals surface area contributed by atoms with Gasteiger partial charge in [-0.2, -0.15) is 0 Å². The van der Waals surface area contributed by atoms with Gasteiger partial charge in [-0.1, -0.05) is 0 Å². The molecule has 0 fully saturated rings. The minimum atomic E-state index is -5.14. The molecule has 0 rings (SSSR count). The number of halogens is 1. The third-order valence-electron chi connectivity index (χ3n) is 0. The van der Waals surface area contributed by atoms with Crippen LogP contribution in [-0.2, 0) is 44.8 Å². The van der Waals surface area contributed by atoms with E-state index in [2.05, 4.69) is 0 Å². The van der Waals surface area contributed by atoms with E-state index in [9.17, 15) is 4.20 Å². The third-order valence-corrected chi connectivity index (χ3v) is 0. The monoisotopic (exact) mass is 223 g/mol. The van der Waals surface area contributed by atoms with Gasteiger partial charge >= 0.3 is 37.5 Å². The molecule has 1 radical (unpaired) electrons. The second kappa shape index (κ2) is 9.38. The molecule has 8 heteroatoms. The van der Waals surface area contributed by atoms with E-state index in [1.807, 2.05) is 0 Å². The predicted molar refractivity (Wildman–Crippen MR) is 20.3 cm³/mol. The molecule has 0 saturated heterocycles. The molecule has 0 atom stereocenters. The average Bonchev–Trinajstić information content (AvgIpc) is 0.722. The molecule has 0 saturated carbocycles. The molecule has 0 spiro atoms. The predicted octanol–water partition coefficient (Wildman–Crippen LogP) is -0.605. The number of hydrogen-bond donors (Lipinski definition) is 2. The summed E-state index contributed by atoms with van der Waals surface area (Å²) in [6.45, 7) is 0. The normalized spacial score (nSPS) is 7.38. The summed E-state index contributed by atoms with van der Waals surface area (Å²) in [5.74, 6) is 0. The molecule has 0 aliphatic carbocycles. The maximum absolute atomic E-state index is 10.4. The van der Waals surface area contributed by atoms with Crippen molar-refractivity contribution < 1.29 is 58.8 Å². The number of hydrogen-bond acceptors (Lipinski definition) is 1. The molecular formula is H3FNaO3PTiV. The fourth-order valence-electron chi connectivity index (χ4n) is 0. The van der Waals surface area contributed by atoms with Gasteiger partial charge in [-0.3, -0.25) is 9.79 Å². The zero-order chi connectivity index (χ0) is 4.50.